The standard InChI is InChI=1S/C14H17ClN2O4/c1-8-2-4-9(5-3-8)16-13-11(14(18)19)6-10(17(20)21)7-12(13)15/h6-9,16H,2-5H2,1H3,(H,18,19). The second kappa shape index (κ2) is 6.30. The third-order valence-corrected chi connectivity index (χ3v) is 4.18. The largest absolute Gasteiger partial charge is 0.478 e. The van der Waals surface area contributed by atoms with Crippen molar-refractivity contribution >= 4 is 28.9 Å². The Morgan fingerprint density at radius 1 is 1.38 bits per heavy atom. The molecule has 7 heteroatoms. The minimum absolute atomic E-state index is 0.0696. The number of aromatic carboxylic acids is 1. The van der Waals surface area contributed by atoms with Crippen LogP contribution < -0.4 is 5.32 Å². The number of nitro groups is 1. The summed E-state index contributed by atoms with van der Waals surface area (Å²) in [6, 6.07) is 2.38. The molecule has 0 amide bonds. The summed E-state index contributed by atoms with van der Waals surface area (Å²) in [7, 11) is 0. The Balaban J connectivity index is 2.29. The van der Waals surface area contributed by atoms with Crippen molar-refractivity contribution in [1.29, 1.82) is 0 Å². The van der Waals surface area contributed by atoms with Crippen LogP contribution in [0.5, 0.6) is 0 Å². The second-order valence-electron chi connectivity index (χ2n) is 5.51. The van der Waals surface area contributed by atoms with Crippen molar-refractivity contribution in [3.63, 3.8) is 0 Å². The summed E-state index contributed by atoms with van der Waals surface area (Å²) in [6.45, 7) is 2.19. The highest BCUT2D eigenvalue weighted by Crippen LogP contribution is 2.34. The first kappa shape index (κ1) is 15.6. The molecule has 1 fully saturated rings. The first-order chi connectivity index (χ1) is 9.88. The van der Waals surface area contributed by atoms with Gasteiger partial charge in [0.05, 0.1) is 21.2 Å². The van der Waals surface area contributed by atoms with Crippen molar-refractivity contribution in [3.05, 3.63) is 32.8 Å². The monoisotopic (exact) mass is 312 g/mol. The van der Waals surface area contributed by atoms with Crippen molar-refractivity contribution in [2.75, 3.05) is 5.32 Å². The number of anilines is 1. The van der Waals surface area contributed by atoms with Crippen LogP contribution in [0.3, 0.4) is 0 Å². The minimum Gasteiger partial charge on any atom is -0.478 e. The molecule has 21 heavy (non-hydrogen) atoms. The Hall–Kier alpha value is -1.82. The fourth-order valence-corrected chi connectivity index (χ4v) is 2.89. The first-order valence-corrected chi connectivity index (χ1v) is 7.24. The predicted molar refractivity (Wildman–Crippen MR) is 80.1 cm³/mol. The van der Waals surface area contributed by atoms with E-state index < -0.39 is 10.9 Å². The summed E-state index contributed by atoms with van der Waals surface area (Å²) in [6.07, 6.45) is 4.02. The van der Waals surface area contributed by atoms with Gasteiger partial charge >= 0.3 is 5.97 Å². The van der Waals surface area contributed by atoms with E-state index >= 15 is 0 Å². The van der Waals surface area contributed by atoms with Crippen LogP contribution in [0.4, 0.5) is 11.4 Å². The van der Waals surface area contributed by atoms with E-state index in [9.17, 15) is 20.0 Å². The molecule has 1 aliphatic rings. The third-order valence-electron chi connectivity index (χ3n) is 3.88. The van der Waals surface area contributed by atoms with Crippen LogP contribution >= 0.6 is 11.6 Å². The van der Waals surface area contributed by atoms with Gasteiger partial charge in [-0.25, -0.2) is 4.79 Å². The molecule has 2 N–H and O–H groups in total. The van der Waals surface area contributed by atoms with Gasteiger partial charge in [0.15, 0.2) is 0 Å². The van der Waals surface area contributed by atoms with E-state index in [0.29, 0.717) is 5.92 Å². The highest BCUT2D eigenvalue weighted by Gasteiger charge is 2.24. The molecule has 6 nitrogen and oxygen atoms in total. The van der Waals surface area contributed by atoms with Crippen LogP contribution in [0, 0.1) is 16.0 Å². The van der Waals surface area contributed by atoms with Crippen LogP contribution in [0.2, 0.25) is 5.02 Å². The molecule has 0 saturated heterocycles. The summed E-state index contributed by atoms with van der Waals surface area (Å²) >= 11 is 6.04. The number of halogens is 1. The van der Waals surface area contributed by atoms with E-state index in [2.05, 4.69) is 12.2 Å². The number of benzene rings is 1. The molecule has 1 saturated carbocycles. The van der Waals surface area contributed by atoms with Gasteiger partial charge < -0.3 is 10.4 Å². The van der Waals surface area contributed by atoms with E-state index in [0.717, 1.165) is 31.7 Å². The van der Waals surface area contributed by atoms with E-state index in [1.54, 1.807) is 0 Å². The highest BCUT2D eigenvalue weighted by atomic mass is 35.5. The molecule has 0 spiro atoms. The Bertz CT molecular complexity index is 568. The molecule has 1 aromatic rings. The van der Waals surface area contributed by atoms with Crippen LogP contribution in [-0.2, 0) is 0 Å². The van der Waals surface area contributed by atoms with Gasteiger partial charge in [-0.05, 0) is 31.6 Å². The number of hydrogen-bond donors (Lipinski definition) is 2. The number of non-ortho nitro benzene ring substituents is 1. The number of hydrogen-bond acceptors (Lipinski definition) is 4. The maximum atomic E-state index is 11.3. The molecule has 0 aliphatic heterocycles. The van der Waals surface area contributed by atoms with Gasteiger partial charge in [-0.1, -0.05) is 18.5 Å². The lowest BCUT2D eigenvalue weighted by molar-refractivity contribution is -0.384. The second-order valence-corrected chi connectivity index (χ2v) is 5.92. The van der Waals surface area contributed by atoms with Crippen LogP contribution in [0.25, 0.3) is 0 Å². The lowest BCUT2D eigenvalue weighted by Crippen LogP contribution is -2.26. The van der Waals surface area contributed by atoms with Crippen molar-refractivity contribution < 1.29 is 14.8 Å². The number of carboxylic acid groups (broad SMARTS) is 1. The number of nitro benzene ring substituents is 1. The number of carbonyl (C=O) groups is 1. The number of nitrogens with zero attached hydrogens (tertiary/aromatic N) is 1. The van der Waals surface area contributed by atoms with Crippen molar-refractivity contribution in [1.82, 2.24) is 0 Å². The zero-order valence-electron chi connectivity index (χ0n) is 11.6. The average molecular weight is 313 g/mol. The minimum atomic E-state index is -1.23. The van der Waals surface area contributed by atoms with Gasteiger partial charge in [-0.3, -0.25) is 10.1 Å². The predicted octanol–water partition coefficient (Wildman–Crippen LogP) is 3.94. The SMILES string of the molecule is CC1CCC(Nc2c(Cl)cc([N+](=O)[O-])cc2C(=O)O)CC1. The van der Waals surface area contributed by atoms with E-state index in [1.165, 1.54) is 6.07 Å². The lowest BCUT2D eigenvalue weighted by atomic mass is 9.87. The Morgan fingerprint density at radius 3 is 2.52 bits per heavy atom. The number of rotatable bonds is 4. The average Bonchev–Trinajstić information content (AvgIpc) is 2.42. The van der Waals surface area contributed by atoms with E-state index in [-0.39, 0.29) is 28.0 Å². The van der Waals surface area contributed by atoms with Crippen molar-refractivity contribution in [3.8, 4) is 0 Å². The van der Waals surface area contributed by atoms with Gasteiger partial charge in [0.1, 0.15) is 0 Å². The molecule has 0 bridgehead atoms. The zero-order valence-corrected chi connectivity index (χ0v) is 12.4. The topological polar surface area (TPSA) is 92.5 Å². The van der Waals surface area contributed by atoms with Gasteiger partial charge in [0, 0.05) is 18.2 Å². The number of carboxylic acids is 1. The normalized spacial score (nSPS) is 21.8. The van der Waals surface area contributed by atoms with Crippen molar-refractivity contribution in [2.45, 2.75) is 38.6 Å². The molecule has 0 aromatic heterocycles. The van der Waals surface area contributed by atoms with E-state index in [4.69, 9.17) is 11.6 Å². The Kier molecular flexibility index (Phi) is 4.67. The van der Waals surface area contributed by atoms with Crippen LogP contribution in [-0.4, -0.2) is 22.0 Å². The van der Waals surface area contributed by atoms with Gasteiger partial charge in [0.25, 0.3) is 5.69 Å². The molecule has 114 valence electrons. The fourth-order valence-electron chi connectivity index (χ4n) is 2.62. The highest BCUT2D eigenvalue weighted by molar-refractivity contribution is 6.34. The lowest BCUT2D eigenvalue weighted by Gasteiger charge is -2.28. The Labute approximate surface area is 127 Å². The molecule has 1 aliphatic carbocycles. The van der Waals surface area contributed by atoms with Crippen LogP contribution in [0.15, 0.2) is 12.1 Å². The molecular formula is C14H17ClN2O4. The molecular weight excluding hydrogens is 296 g/mol. The zero-order chi connectivity index (χ0) is 15.6. The van der Waals surface area contributed by atoms with Gasteiger partial charge in [-0.2, -0.15) is 0 Å². The molecule has 0 heterocycles. The summed E-state index contributed by atoms with van der Waals surface area (Å²) in [5.41, 5.74) is -0.206. The van der Waals surface area contributed by atoms with Gasteiger partial charge in [-0.15, -0.1) is 0 Å². The number of nitrogens with one attached hydrogen (secondary N) is 1. The first-order valence-electron chi connectivity index (χ1n) is 6.86. The summed E-state index contributed by atoms with van der Waals surface area (Å²) in [4.78, 5) is 21.5. The molecule has 1 aromatic carbocycles. The fraction of sp³-hybridized carbons (Fsp3) is 0.500. The molecule has 0 unspecified atom stereocenters. The maximum absolute atomic E-state index is 11.3. The van der Waals surface area contributed by atoms with Crippen LogP contribution in [0.1, 0.15) is 43.0 Å². The molecule has 0 atom stereocenters. The summed E-state index contributed by atoms with van der Waals surface area (Å²) in [5.74, 6) is -0.554. The Morgan fingerprint density at radius 2 is 2.00 bits per heavy atom. The maximum Gasteiger partial charge on any atom is 0.338 e. The van der Waals surface area contributed by atoms with Gasteiger partial charge in [0.2, 0.25) is 0 Å². The van der Waals surface area contributed by atoms with E-state index in [1.807, 2.05) is 0 Å². The smallest absolute Gasteiger partial charge is 0.338 e. The quantitative estimate of drug-likeness (QED) is 0.649. The summed E-state index contributed by atoms with van der Waals surface area (Å²) in [5, 5.41) is 23.3. The molecule has 2 rings (SSSR count). The summed E-state index contributed by atoms with van der Waals surface area (Å²) < 4.78 is 0. The third kappa shape index (κ3) is 3.64. The molecule has 0 radical (unpaired) electrons. The van der Waals surface area contributed by atoms with Crippen molar-refractivity contribution in [2.24, 2.45) is 5.92 Å².